The molecule has 4 fully saturated rings. The van der Waals surface area contributed by atoms with Crippen molar-refractivity contribution in [2.24, 2.45) is 29.6 Å². The van der Waals surface area contributed by atoms with Gasteiger partial charge in [-0.15, -0.1) is 0 Å². The summed E-state index contributed by atoms with van der Waals surface area (Å²) in [4.78, 5) is 53.3. The molecule has 0 radical (unpaired) electrons. The molecule has 0 N–H and O–H groups in total. The summed E-state index contributed by atoms with van der Waals surface area (Å²) in [6.07, 6.45) is 2.84. The molecule has 7 heteroatoms. The van der Waals surface area contributed by atoms with E-state index in [0.29, 0.717) is 19.4 Å². The van der Waals surface area contributed by atoms with E-state index in [0.717, 1.165) is 19.3 Å². The molecule has 0 spiro atoms. The highest BCUT2D eigenvalue weighted by atomic mass is 16.6. The van der Waals surface area contributed by atoms with Gasteiger partial charge in [-0.05, 0) is 25.7 Å². The molecule has 4 aliphatic rings. The number of hydrogen-bond acceptors (Lipinski definition) is 6. The Hall–Kier alpha value is -1.92. The van der Waals surface area contributed by atoms with Gasteiger partial charge in [0.25, 0.3) is 0 Å². The van der Waals surface area contributed by atoms with Crippen molar-refractivity contribution >= 4 is 23.6 Å². The summed E-state index contributed by atoms with van der Waals surface area (Å²) in [6.45, 7) is 6.15. The van der Waals surface area contributed by atoms with Gasteiger partial charge in [0, 0.05) is 24.8 Å². The van der Waals surface area contributed by atoms with Crippen molar-refractivity contribution < 1.29 is 28.7 Å². The summed E-state index contributed by atoms with van der Waals surface area (Å²) in [5.41, 5.74) is 0. The number of cyclic esters (lactones) is 1. The van der Waals surface area contributed by atoms with Crippen molar-refractivity contribution in [1.82, 2.24) is 4.90 Å². The Morgan fingerprint density at radius 2 is 1.79 bits per heavy atom. The third kappa shape index (κ3) is 3.36. The van der Waals surface area contributed by atoms with Gasteiger partial charge in [-0.25, -0.2) is 0 Å². The first-order valence-corrected chi connectivity index (χ1v) is 11.1. The monoisotopic (exact) mass is 405 g/mol. The van der Waals surface area contributed by atoms with E-state index >= 15 is 0 Å². The van der Waals surface area contributed by atoms with E-state index in [-0.39, 0.29) is 47.8 Å². The first-order chi connectivity index (χ1) is 13.8. The van der Waals surface area contributed by atoms with Crippen molar-refractivity contribution in [2.75, 3.05) is 6.54 Å². The van der Waals surface area contributed by atoms with Crippen LogP contribution >= 0.6 is 0 Å². The summed E-state index contributed by atoms with van der Waals surface area (Å²) >= 11 is 0. The third-order valence-corrected chi connectivity index (χ3v) is 7.56. The summed E-state index contributed by atoms with van der Waals surface area (Å²) in [6, 6.07) is -0.455. The number of Topliss-reactive ketones (excluding diaryl/α,β-unsaturated/α-hetero) is 1. The SMILES string of the molecule is CC[C@@H]1[C@@H]2OC(=O)[C@H](C)C2C(=O)C[C@@H]([C@@H]2C[C@H](C)C(=O)O2)N2CCCC[C@H]1C2=O. The highest BCUT2D eigenvalue weighted by molar-refractivity contribution is 5.91. The van der Waals surface area contributed by atoms with Crippen LogP contribution in [0.2, 0.25) is 0 Å². The van der Waals surface area contributed by atoms with Gasteiger partial charge in [-0.1, -0.05) is 27.2 Å². The maximum atomic E-state index is 13.6. The number of ketones is 1. The Kier molecular flexibility index (Phi) is 5.42. The first kappa shape index (κ1) is 20.4. The molecular formula is C22H31NO6. The van der Waals surface area contributed by atoms with Crippen molar-refractivity contribution in [3.05, 3.63) is 0 Å². The molecule has 4 saturated heterocycles. The number of ether oxygens (including phenoxy) is 2. The number of carbonyl (C=O) groups excluding carboxylic acids is 4. The van der Waals surface area contributed by atoms with E-state index in [2.05, 4.69) is 0 Å². The highest BCUT2D eigenvalue weighted by Gasteiger charge is 2.55. The molecule has 0 aromatic carbocycles. The average Bonchev–Trinajstić information content (AvgIpc) is 3.09. The number of amides is 1. The second-order valence-corrected chi connectivity index (χ2v) is 9.27. The van der Waals surface area contributed by atoms with Crippen LogP contribution in [0.4, 0.5) is 0 Å². The first-order valence-electron chi connectivity index (χ1n) is 11.1. The smallest absolute Gasteiger partial charge is 0.309 e. The van der Waals surface area contributed by atoms with Crippen LogP contribution in [-0.2, 0) is 28.7 Å². The molecular weight excluding hydrogens is 374 g/mol. The number of fused-ring (bicyclic) bond motifs is 3. The zero-order valence-corrected chi connectivity index (χ0v) is 17.5. The van der Waals surface area contributed by atoms with Gasteiger partial charge in [0.1, 0.15) is 18.0 Å². The van der Waals surface area contributed by atoms with Crippen LogP contribution in [0.15, 0.2) is 0 Å². The molecule has 0 aliphatic carbocycles. The van der Waals surface area contributed by atoms with Gasteiger partial charge in [0.2, 0.25) is 5.91 Å². The van der Waals surface area contributed by atoms with Crippen LogP contribution in [0.3, 0.4) is 0 Å². The number of esters is 2. The van der Waals surface area contributed by atoms with Gasteiger partial charge in [-0.2, -0.15) is 0 Å². The Labute approximate surface area is 171 Å². The summed E-state index contributed by atoms with van der Waals surface area (Å²) in [5.74, 6) is -2.32. The molecule has 29 heavy (non-hydrogen) atoms. The van der Waals surface area contributed by atoms with E-state index < -0.39 is 30.1 Å². The standard InChI is InChI=1S/C22H31NO6/c1-4-13-14-7-5-6-8-23(20(14)25)15(17-9-11(2)21(26)28-17)10-16(24)18-12(3)22(27)29-19(13)18/h11-15,17-19H,4-10H2,1-3H3/t11-,12+,13-,14+,15-,17-,18?,19-/m0/s1. The van der Waals surface area contributed by atoms with Crippen LogP contribution in [0.5, 0.6) is 0 Å². The van der Waals surface area contributed by atoms with E-state index in [1.807, 2.05) is 18.7 Å². The lowest BCUT2D eigenvalue weighted by atomic mass is 9.74. The normalized spacial score (nSPS) is 43.1. The number of rotatable bonds is 2. The minimum Gasteiger partial charge on any atom is -0.461 e. The van der Waals surface area contributed by atoms with E-state index in [1.165, 1.54) is 0 Å². The maximum Gasteiger partial charge on any atom is 0.309 e. The maximum absolute atomic E-state index is 13.6. The molecule has 4 rings (SSSR count). The van der Waals surface area contributed by atoms with Crippen LogP contribution < -0.4 is 0 Å². The fraction of sp³-hybridized carbons (Fsp3) is 0.818. The summed E-state index contributed by atoms with van der Waals surface area (Å²) < 4.78 is 11.3. The van der Waals surface area contributed by atoms with Crippen LogP contribution in [0.25, 0.3) is 0 Å². The molecule has 1 amide bonds. The molecule has 4 heterocycles. The fourth-order valence-electron chi connectivity index (χ4n) is 5.91. The molecule has 160 valence electrons. The molecule has 2 bridgehead atoms. The van der Waals surface area contributed by atoms with Gasteiger partial charge in [0.05, 0.1) is 23.8 Å². The second-order valence-electron chi connectivity index (χ2n) is 9.27. The lowest BCUT2D eigenvalue weighted by molar-refractivity contribution is -0.153. The molecule has 4 aliphatic heterocycles. The van der Waals surface area contributed by atoms with E-state index in [1.54, 1.807) is 6.92 Å². The van der Waals surface area contributed by atoms with Gasteiger partial charge >= 0.3 is 11.9 Å². The van der Waals surface area contributed by atoms with Crippen molar-refractivity contribution in [3.63, 3.8) is 0 Å². The average molecular weight is 405 g/mol. The number of carbonyl (C=O) groups is 4. The van der Waals surface area contributed by atoms with Crippen molar-refractivity contribution in [2.45, 2.75) is 77.5 Å². The zero-order chi connectivity index (χ0) is 20.9. The Morgan fingerprint density at radius 3 is 2.45 bits per heavy atom. The van der Waals surface area contributed by atoms with E-state index in [9.17, 15) is 19.2 Å². The van der Waals surface area contributed by atoms with Crippen LogP contribution in [0.1, 0.15) is 59.3 Å². The Morgan fingerprint density at radius 1 is 1.03 bits per heavy atom. The quantitative estimate of drug-likeness (QED) is 0.654. The fourth-order valence-corrected chi connectivity index (χ4v) is 5.91. The van der Waals surface area contributed by atoms with Crippen LogP contribution in [-0.4, -0.2) is 53.3 Å². The second kappa shape index (κ2) is 7.73. The van der Waals surface area contributed by atoms with Crippen molar-refractivity contribution in [3.8, 4) is 0 Å². The minimum atomic E-state index is -0.535. The van der Waals surface area contributed by atoms with Crippen molar-refractivity contribution in [1.29, 1.82) is 0 Å². The highest BCUT2D eigenvalue weighted by Crippen LogP contribution is 2.43. The molecule has 0 aromatic heterocycles. The predicted molar refractivity (Wildman–Crippen MR) is 102 cm³/mol. The minimum absolute atomic E-state index is 0.0269. The molecule has 1 unspecified atom stereocenters. The lowest BCUT2D eigenvalue weighted by Crippen LogP contribution is -2.50. The third-order valence-electron chi connectivity index (χ3n) is 7.56. The largest absolute Gasteiger partial charge is 0.461 e. The summed E-state index contributed by atoms with van der Waals surface area (Å²) in [7, 11) is 0. The van der Waals surface area contributed by atoms with Gasteiger partial charge < -0.3 is 14.4 Å². The summed E-state index contributed by atoms with van der Waals surface area (Å²) in [5, 5.41) is 0. The van der Waals surface area contributed by atoms with Crippen LogP contribution in [0, 0.1) is 29.6 Å². The number of nitrogens with zero attached hydrogens (tertiary/aromatic N) is 1. The lowest BCUT2D eigenvalue weighted by Gasteiger charge is -2.36. The Balaban J connectivity index is 1.76. The van der Waals surface area contributed by atoms with Gasteiger partial charge in [-0.3, -0.25) is 19.2 Å². The molecule has 8 atom stereocenters. The topological polar surface area (TPSA) is 90.0 Å². The zero-order valence-electron chi connectivity index (χ0n) is 17.5. The predicted octanol–water partition coefficient (Wildman–Crippen LogP) is 2.11. The van der Waals surface area contributed by atoms with E-state index in [4.69, 9.17) is 9.47 Å². The van der Waals surface area contributed by atoms with Gasteiger partial charge in [0.15, 0.2) is 0 Å². The number of hydrogen-bond donors (Lipinski definition) is 0. The Bertz CT molecular complexity index is 720. The molecule has 0 saturated carbocycles. The molecule has 7 nitrogen and oxygen atoms in total. The molecule has 0 aromatic rings.